The molecule has 8 nitrogen and oxygen atoms in total. The molecule has 2 aliphatic heterocycles. The van der Waals surface area contributed by atoms with Gasteiger partial charge in [-0.15, -0.1) is 0 Å². The summed E-state index contributed by atoms with van der Waals surface area (Å²) in [6.45, 7) is 11.8. The van der Waals surface area contributed by atoms with Crippen LogP contribution in [0, 0.1) is 3.70 Å². The Morgan fingerprint density at radius 2 is 1.94 bits per heavy atom. The lowest BCUT2D eigenvalue weighted by atomic mass is 10.1. The number of ether oxygens (including phenoxy) is 2. The minimum absolute atomic E-state index is 0.0309. The Hall–Kier alpha value is -1.33. The first-order valence-electron chi connectivity index (χ1n) is 11.2. The zero-order valence-corrected chi connectivity index (χ0v) is 22.2. The molecule has 0 saturated carbocycles. The maximum atomic E-state index is 12.8. The molecule has 0 radical (unpaired) electrons. The molecule has 2 aliphatic rings. The fourth-order valence-corrected chi connectivity index (χ4v) is 5.70. The van der Waals surface area contributed by atoms with E-state index in [1.807, 2.05) is 50.3 Å². The highest BCUT2D eigenvalue weighted by atomic mass is 127. The first-order chi connectivity index (χ1) is 15.0. The first-order valence-corrected chi connectivity index (χ1v) is 12.6. The first kappa shape index (κ1) is 23.8. The van der Waals surface area contributed by atoms with Gasteiger partial charge in [-0.1, -0.05) is 11.6 Å². The molecular formula is C22H31ClIN5O3. The van der Waals surface area contributed by atoms with E-state index >= 15 is 0 Å². The Morgan fingerprint density at radius 3 is 2.53 bits per heavy atom. The Balaban J connectivity index is 1.62. The molecule has 4 heterocycles. The molecule has 3 atom stereocenters. The number of pyridine rings is 1. The third kappa shape index (κ3) is 4.79. The van der Waals surface area contributed by atoms with Crippen LogP contribution in [0.4, 0.5) is 10.6 Å². The summed E-state index contributed by atoms with van der Waals surface area (Å²) >= 11 is 8.92. The lowest BCUT2D eigenvalue weighted by Crippen LogP contribution is -2.59. The van der Waals surface area contributed by atoms with Crippen LogP contribution in [-0.2, 0) is 9.47 Å². The van der Waals surface area contributed by atoms with Crippen molar-refractivity contribution >= 4 is 57.1 Å². The molecule has 32 heavy (non-hydrogen) atoms. The summed E-state index contributed by atoms with van der Waals surface area (Å²) < 4.78 is 14.3. The molecule has 0 bridgehead atoms. The van der Waals surface area contributed by atoms with Crippen molar-refractivity contribution in [3.63, 3.8) is 0 Å². The minimum Gasteiger partial charge on any atom is -0.444 e. The van der Waals surface area contributed by atoms with Crippen molar-refractivity contribution < 1.29 is 14.3 Å². The third-order valence-electron chi connectivity index (χ3n) is 5.83. The minimum atomic E-state index is -0.523. The van der Waals surface area contributed by atoms with Crippen molar-refractivity contribution in [1.29, 1.82) is 0 Å². The van der Waals surface area contributed by atoms with Gasteiger partial charge in [-0.3, -0.25) is 4.90 Å². The highest BCUT2D eigenvalue weighted by molar-refractivity contribution is 14.1. The van der Waals surface area contributed by atoms with Gasteiger partial charge in [0, 0.05) is 25.8 Å². The lowest BCUT2D eigenvalue weighted by Gasteiger charge is -2.44. The Labute approximate surface area is 207 Å². The molecule has 0 aromatic carbocycles. The average Bonchev–Trinajstić information content (AvgIpc) is 3.03. The number of hydrogen-bond acceptors (Lipinski definition) is 6. The van der Waals surface area contributed by atoms with E-state index < -0.39 is 5.60 Å². The van der Waals surface area contributed by atoms with E-state index in [4.69, 9.17) is 31.2 Å². The van der Waals surface area contributed by atoms with Crippen LogP contribution in [0.25, 0.3) is 11.0 Å². The summed E-state index contributed by atoms with van der Waals surface area (Å²) in [6, 6.07) is 1.84. The molecule has 2 aromatic heterocycles. The molecule has 10 heteroatoms. The van der Waals surface area contributed by atoms with Gasteiger partial charge in [0.15, 0.2) is 11.9 Å². The summed E-state index contributed by atoms with van der Waals surface area (Å²) in [5, 5.41) is 6.19. The van der Waals surface area contributed by atoms with Gasteiger partial charge in [-0.25, -0.2) is 14.5 Å². The highest BCUT2D eigenvalue weighted by Gasteiger charge is 2.36. The van der Waals surface area contributed by atoms with Gasteiger partial charge in [-0.2, -0.15) is 5.10 Å². The third-order valence-corrected chi connectivity index (χ3v) is 6.89. The van der Waals surface area contributed by atoms with Gasteiger partial charge in [0.2, 0.25) is 0 Å². The SMILES string of the molecule is C[C@@H]1CN(c2cc(Cl)c3c(I)nn(C4CCCCO4)c3n2)C[C@@H](C)N1C(=O)OC(C)(C)C. The molecule has 1 unspecified atom stereocenters. The number of piperazine rings is 1. The van der Waals surface area contributed by atoms with Crippen LogP contribution in [-0.4, -0.2) is 63.1 Å². The zero-order chi connectivity index (χ0) is 23.2. The lowest BCUT2D eigenvalue weighted by molar-refractivity contribution is -0.0372. The predicted molar refractivity (Wildman–Crippen MR) is 133 cm³/mol. The molecule has 2 saturated heterocycles. The number of amides is 1. The van der Waals surface area contributed by atoms with E-state index in [-0.39, 0.29) is 24.4 Å². The monoisotopic (exact) mass is 575 g/mol. The maximum Gasteiger partial charge on any atom is 0.410 e. The topological polar surface area (TPSA) is 72.7 Å². The van der Waals surface area contributed by atoms with Gasteiger partial charge in [0.1, 0.15) is 15.1 Å². The van der Waals surface area contributed by atoms with Gasteiger partial charge in [-0.05, 0) is 76.5 Å². The van der Waals surface area contributed by atoms with Crippen molar-refractivity contribution in [2.24, 2.45) is 0 Å². The van der Waals surface area contributed by atoms with Crippen LogP contribution in [0.1, 0.15) is 60.1 Å². The molecule has 1 amide bonds. The largest absolute Gasteiger partial charge is 0.444 e. The second-order valence-corrected chi connectivity index (χ2v) is 11.1. The summed E-state index contributed by atoms with van der Waals surface area (Å²) in [5.41, 5.74) is 0.225. The highest BCUT2D eigenvalue weighted by Crippen LogP contribution is 2.35. The standard InChI is InChI=1S/C22H31ClIN5O3/c1-13-11-27(12-14(2)28(13)21(30)32-22(3,4)5)16-10-15(23)18-19(24)26-29(20(18)25-16)17-8-6-7-9-31-17/h10,13-14,17H,6-9,11-12H2,1-5H3/t13-,14-,17?/m1/s1. The molecule has 2 aromatic rings. The average molecular weight is 576 g/mol. The molecule has 0 aliphatic carbocycles. The number of nitrogens with zero attached hydrogens (tertiary/aromatic N) is 5. The van der Waals surface area contributed by atoms with E-state index in [1.165, 1.54) is 0 Å². The molecule has 4 rings (SSSR count). The predicted octanol–water partition coefficient (Wildman–Crippen LogP) is 5.22. The number of fused-ring (bicyclic) bond motifs is 1. The van der Waals surface area contributed by atoms with Crippen LogP contribution >= 0.6 is 34.2 Å². The summed E-state index contributed by atoms with van der Waals surface area (Å²) in [4.78, 5) is 21.7. The van der Waals surface area contributed by atoms with Crippen LogP contribution < -0.4 is 4.90 Å². The summed E-state index contributed by atoms with van der Waals surface area (Å²) in [7, 11) is 0. The summed E-state index contributed by atoms with van der Waals surface area (Å²) in [5.74, 6) is 0.790. The van der Waals surface area contributed by atoms with Crippen LogP contribution in [0.5, 0.6) is 0 Å². The van der Waals surface area contributed by atoms with E-state index in [0.717, 1.165) is 46.4 Å². The van der Waals surface area contributed by atoms with Crippen molar-refractivity contribution in [3.8, 4) is 0 Å². The fourth-order valence-electron chi connectivity index (χ4n) is 4.50. The number of carbonyl (C=O) groups is 1. The van der Waals surface area contributed by atoms with Crippen LogP contribution in [0.3, 0.4) is 0 Å². The van der Waals surface area contributed by atoms with Gasteiger partial charge in [0.05, 0.1) is 22.5 Å². The number of rotatable bonds is 2. The van der Waals surface area contributed by atoms with Crippen molar-refractivity contribution in [1.82, 2.24) is 19.7 Å². The second-order valence-electron chi connectivity index (χ2n) is 9.71. The molecule has 0 N–H and O–H groups in total. The van der Waals surface area contributed by atoms with Gasteiger partial charge >= 0.3 is 6.09 Å². The number of aromatic nitrogens is 3. The van der Waals surface area contributed by atoms with Crippen molar-refractivity contribution in [3.05, 3.63) is 14.8 Å². The molecule has 2 fully saturated rings. The van der Waals surface area contributed by atoms with Crippen LogP contribution in [0.15, 0.2) is 6.07 Å². The second kappa shape index (κ2) is 9.13. The molecule has 0 spiro atoms. The normalized spacial score (nSPS) is 24.8. The Morgan fingerprint density at radius 1 is 1.25 bits per heavy atom. The number of carbonyl (C=O) groups excluding carboxylic acids is 1. The van der Waals surface area contributed by atoms with E-state index in [0.29, 0.717) is 18.1 Å². The van der Waals surface area contributed by atoms with Crippen LogP contribution in [0.2, 0.25) is 5.02 Å². The number of hydrogen-bond donors (Lipinski definition) is 0. The molecule has 176 valence electrons. The Kier molecular flexibility index (Phi) is 6.80. The van der Waals surface area contributed by atoms with Gasteiger partial charge < -0.3 is 14.4 Å². The number of halogens is 2. The number of anilines is 1. The quantitative estimate of drug-likeness (QED) is 0.457. The summed E-state index contributed by atoms with van der Waals surface area (Å²) in [6.07, 6.45) is 2.71. The van der Waals surface area contributed by atoms with E-state index in [9.17, 15) is 4.79 Å². The Bertz CT molecular complexity index is 990. The zero-order valence-electron chi connectivity index (χ0n) is 19.3. The molecular weight excluding hydrogens is 545 g/mol. The van der Waals surface area contributed by atoms with E-state index in [2.05, 4.69) is 27.5 Å². The fraction of sp³-hybridized carbons (Fsp3) is 0.682. The van der Waals surface area contributed by atoms with Crippen molar-refractivity contribution in [2.75, 3.05) is 24.6 Å². The van der Waals surface area contributed by atoms with Crippen molar-refractivity contribution in [2.45, 2.75) is 77.8 Å². The smallest absolute Gasteiger partial charge is 0.410 e. The van der Waals surface area contributed by atoms with E-state index in [1.54, 1.807) is 0 Å². The maximum absolute atomic E-state index is 12.8. The van der Waals surface area contributed by atoms with Gasteiger partial charge in [0.25, 0.3) is 0 Å².